The number of carboxylic acids is 1. The fraction of sp³-hybridized carbons (Fsp3) is 0.889. The van der Waals surface area contributed by atoms with Gasteiger partial charge in [-0.25, -0.2) is 0 Å². The number of aliphatic hydroxyl groups is 1. The minimum Gasteiger partial charge on any atom is -0.481 e. The SMILES string of the molecule is O=C(O)CCNCC1CCCC1O. The Morgan fingerprint density at radius 3 is 2.77 bits per heavy atom. The van der Waals surface area contributed by atoms with E-state index in [-0.39, 0.29) is 12.5 Å². The predicted molar refractivity (Wildman–Crippen MR) is 48.5 cm³/mol. The van der Waals surface area contributed by atoms with E-state index in [4.69, 9.17) is 5.11 Å². The summed E-state index contributed by atoms with van der Waals surface area (Å²) in [5.74, 6) is -0.451. The highest BCUT2D eigenvalue weighted by atomic mass is 16.4. The quantitative estimate of drug-likeness (QED) is 0.538. The zero-order chi connectivity index (χ0) is 9.68. The van der Waals surface area contributed by atoms with E-state index in [2.05, 4.69) is 5.32 Å². The Bertz CT molecular complexity index is 172. The van der Waals surface area contributed by atoms with Gasteiger partial charge in [0.15, 0.2) is 0 Å². The van der Waals surface area contributed by atoms with Crippen molar-refractivity contribution in [3.05, 3.63) is 0 Å². The van der Waals surface area contributed by atoms with E-state index in [1.54, 1.807) is 0 Å². The minimum atomic E-state index is -0.778. The number of nitrogens with one attached hydrogen (secondary N) is 1. The first-order chi connectivity index (χ1) is 6.20. The third-order valence-corrected chi connectivity index (χ3v) is 2.54. The zero-order valence-electron chi connectivity index (χ0n) is 7.70. The molecule has 0 aromatic carbocycles. The molecule has 0 saturated heterocycles. The van der Waals surface area contributed by atoms with Crippen molar-refractivity contribution < 1.29 is 15.0 Å². The second-order valence-electron chi connectivity index (χ2n) is 3.61. The number of rotatable bonds is 5. The van der Waals surface area contributed by atoms with Crippen LogP contribution in [0, 0.1) is 5.92 Å². The Kier molecular flexibility index (Phi) is 4.18. The molecule has 4 nitrogen and oxygen atoms in total. The molecule has 3 N–H and O–H groups in total. The Morgan fingerprint density at radius 2 is 2.23 bits per heavy atom. The van der Waals surface area contributed by atoms with Gasteiger partial charge in [-0.3, -0.25) is 4.79 Å². The highest BCUT2D eigenvalue weighted by molar-refractivity contribution is 5.66. The van der Waals surface area contributed by atoms with Gasteiger partial charge >= 0.3 is 5.97 Å². The Balaban J connectivity index is 2.02. The second-order valence-corrected chi connectivity index (χ2v) is 3.61. The normalized spacial score (nSPS) is 27.8. The average Bonchev–Trinajstić information content (AvgIpc) is 2.45. The topological polar surface area (TPSA) is 69.6 Å². The van der Waals surface area contributed by atoms with Gasteiger partial charge in [-0.15, -0.1) is 0 Å². The highest BCUT2D eigenvalue weighted by Gasteiger charge is 2.24. The molecule has 0 aromatic rings. The van der Waals surface area contributed by atoms with Crippen LogP contribution in [0.5, 0.6) is 0 Å². The van der Waals surface area contributed by atoms with E-state index in [1.165, 1.54) is 0 Å². The number of aliphatic hydroxyl groups excluding tert-OH is 1. The number of carboxylic acid groups (broad SMARTS) is 1. The molecule has 1 rings (SSSR count). The summed E-state index contributed by atoms with van der Waals surface area (Å²) in [6.45, 7) is 1.24. The molecule has 2 unspecified atom stereocenters. The lowest BCUT2D eigenvalue weighted by molar-refractivity contribution is -0.136. The van der Waals surface area contributed by atoms with Gasteiger partial charge in [-0.2, -0.15) is 0 Å². The standard InChI is InChI=1S/C9H17NO3/c11-8-3-1-2-7(8)6-10-5-4-9(12)13/h7-8,10-11H,1-6H2,(H,12,13). The molecule has 0 aliphatic heterocycles. The maximum atomic E-state index is 10.2. The summed E-state index contributed by atoms with van der Waals surface area (Å²) < 4.78 is 0. The van der Waals surface area contributed by atoms with Gasteiger partial charge in [-0.05, 0) is 18.8 Å². The van der Waals surface area contributed by atoms with Gasteiger partial charge < -0.3 is 15.5 Å². The molecule has 1 saturated carbocycles. The molecule has 1 aliphatic carbocycles. The lowest BCUT2D eigenvalue weighted by Crippen LogP contribution is -2.29. The van der Waals surface area contributed by atoms with Crippen LogP contribution in [-0.2, 0) is 4.79 Å². The molecule has 0 aromatic heterocycles. The molecule has 76 valence electrons. The van der Waals surface area contributed by atoms with Gasteiger partial charge in [0.05, 0.1) is 12.5 Å². The number of carbonyl (C=O) groups is 1. The fourth-order valence-corrected chi connectivity index (χ4v) is 1.74. The van der Waals surface area contributed by atoms with E-state index >= 15 is 0 Å². The zero-order valence-corrected chi connectivity index (χ0v) is 7.70. The van der Waals surface area contributed by atoms with Crippen LogP contribution < -0.4 is 5.32 Å². The van der Waals surface area contributed by atoms with Gasteiger partial charge in [0.25, 0.3) is 0 Å². The Morgan fingerprint density at radius 1 is 1.46 bits per heavy atom. The molecule has 2 atom stereocenters. The van der Waals surface area contributed by atoms with E-state index in [0.717, 1.165) is 25.8 Å². The summed E-state index contributed by atoms with van der Waals surface area (Å²) in [5.41, 5.74) is 0. The van der Waals surface area contributed by atoms with Crippen LogP contribution >= 0.6 is 0 Å². The third kappa shape index (κ3) is 3.74. The van der Waals surface area contributed by atoms with Gasteiger partial charge in [0, 0.05) is 13.1 Å². The van der Waals surface area contributed by atoms with E-state index in [0.29, 0.717) is 12.5 Å². The molecule has 0 heterocycles. The van der Waals surface area contributed by atoms with Gasteiger partial charge in [0.1, 0.15) is 0 Å². The lowest BCUT2D eigenvalue weighted by atomic mass is 10.1. The summed E-state index contributed by atoms with van der Waals surface area (Å²) in [6, 6.07) is 0. The first kappa shape index (κ1) is 10.5. The van der Waals surface area contributed by atoms with Crippen molar-refractivity contribution in [2.45, 2.75) is 31.8 Å². The maximum Gasteiger partial charge on any atom is 0.304 e. The minimum absolute atomic E-state index is 0.156. The largest absolute Gasteiger partial charge is 0.481 e. The molecule has 0 spiro atoms. The third-order valence-electron chi connectivity index (χ3n) is 2.54. The molecular weight excluding hydrogens is 170 g/mol. The molecular formula is C9H17NO3. The summed E-state index contributed by atoms with van der Waals surface area (Å²) >= 11 is 0. The van der Waals surface area contributed by atoms with Crippen molar-refractivity contribution in [3.63, 3.8) is 0 Å². The molecule has 13 heavy (non-hydrogen) atoms. The summed E-state index contributed by atoms with van der Waals surface area (Å²) in [5, 5.41) is 20.9. The van der Waals surface area contributed by atoms with Crippen molar-refractivity contribution in [1.82, 2.24) is 5.32 Å². The summed E-state index contributed by atoms with van der Waals surface area (Å²) in [7, 11) is 0. The van der Waals surface area contributed by atoms with E-state index in [9.17, 15) is 9.90 Å². The second kappa shape index (κ2) is 5.19. The fourth-order valence-electron chi connectivity index (χ4n) is 1.74. The maximum absolute atomic E-state index is 10.2. The van der Waals surface area contributed by atoms with Crippen LogP contribution in [0.4, 0.5) is 0 Å². The predicted octanol–water partition coefficient (Wildman–Crippen LogP) is 0.212. The van der Waals surface area contributed by atoms with Crippen molar-refractivity contribution in [2.24, 2.45) is 5.92 Å². The van der Waals surface area contributed by atoms with Gasteiger partial charge in [-0.1, -0.05) is 6.42 Å². The van der Waals surface area contributed by atoms with E-state index < -0.39 is 5.97 Å². The van der Waals surface area contributed by atoms with E-state index in [1.807, 2.05) is 0 Å². The summed E-state index contributed by atoms with van der Waals surface area (Å²) in [4.78, 5) is 10.2. The molecule has 4 heteroatoms. The Hall–Kier alpha value is -0.610. The lowest BCUT2D eigenvalue weighted by Gasteiger charge is -2.14. The number of aliphatic carboxylic acids is 1. The van der Waals surface area contributed by atoms with Crippen LogP contribution in [0.15, 0.2) is 0 Å². The monoisotopic (exact) mass is 187 g/mol. The van der Waals surface area contributed by atoms with Crippen molar-refractivity contribution in [3.8, 4) is 0 Å². The molecule has 1 aliphatic rings. The first-order valence-corrected chi connectivity index (χ1v) is 4.80. The van der Waals surface area contributed by atoms with Crippen LogP contribution in [0.25, 0.3) is 0 Å². The smallest absolute Gasteiger partial charge is 0.304 e. The highest BCUT2D eigenvalue weighted by Crippen LogP contribution is 2.24. The first-order valence-electron chi connectivity index (χ1n) is 4.80. The van der Waals surface area contributed by atoms with Crippen molar-refractivity contribution in [2.75, 3.05) is 13.1 Å². The molecule has 0 amide bonds. The molecule has 0 bridgehead atoms. The average molecular weight is 187 g/mol. The van der Waals surface area contributed by atoms with Crippen molar-refractivity contribution in [1.29, 1.82) is 0 Å². The van der Waals surface area contributed by atoms with Crippen LogP contribution in [0.2, 0.25) is 0 Å². The number of hydrogen-bond acceptors (Lipinski definition) is 3. The number of hydrogen-bond donors (Lipinski definition) is 3. The van der Waals surface area contributed by atoms with Crippen LogP contribution in [0.3, 0.4) is 0 Å². The molecule has 0 radical (unpaired) electrons. The van der Waals surface area contributed by atoms with Crippen LogP contribution in [-0.4, -0.2) is 35.4 Å². The Labute approximate surface area is 78.0 Å². The van der Waals surface area contributed by atoms with Gasteiger partial charge in [0.2, 0.25) is 0 Å². The molecule has 1 fully saturated rings. The van der Waals surface area contributed by atoms with Crippen molar-refractivity contribution >= 4 is 5.97 Å². The summed E-state index contributed by atoms with van der Waals surface area (Å²) in [6.07, 6.45) is 3.01. The van der Waals surface area contributed by atoms with Crippen LogP contribution in [0.1, 0.15) is 25.7 Å².